The molecule has 3 nitrogen and oxygen atoms in total. The van der Waals surface area contributed by atoms with Crippen LogP contribution in [-0.2, 0) is 0 Å². The van der Waals surface area contributed by atoms with Crippen molar-refractivity contribution in [3.63, 3.8) is 0 Å². The fourth-order valence-corrected chi connectivity index (χ4v) is 3.38. The third kappa shape index (κ3) is 3.94. The lowest BCUT2D eigenvalue weighted by atomic mass is 10.1. The Bertz CT molecular complexity index is 410. The van der Waals surface area contributed by atoms with E-state index in [9.17, 15) is 0 Å². The third-order valence-electron chi connectivity index (χ3n) is 3.67. The zero-order valence-corrected chi connectivity index (χ0v) is 13.7. The molecule has 1 aliphatic rings. The predicted molar refractivity (Wildman–Crippen MR) is 85.9 cm³/mol. The Morgan fingerprint density at radius 1 is 1.32 bits per heavy atom. The molecule has 106 valence electrons. The summed E-state index contributed by atoms with van der Waals surface area (Å²) in [5.74, 6) is 0.686. The number of nitrogens with zero attached hydrogens (tertiary/aromatic N) is 2. The maximum atomic E-state index is 3.58. The summed E-state index contributed by atoms with van der Waals surface area (Å²) in [6.07, 6.45) is 0. The molecule has 1 heterocycles. The van der Waals surface area contributed by atoms with Crippen molar-refractivity contribution in [1.82, 2.24) is 10.2 Å². The Kier molecular flexibility index (Phi) is 5.25. The summed E-state index contributed by atoms with van der Waals surface area (Å²) in [4.78, 5) is 5.00. The van der Waals surface area contributed by atoms with Gasteiger partial charge in [-0.15, -0.1) is 0 Å². The molecule has 1 aliphatic heterocycles. The van der Waals surface area contributed by atoms with Crippen LogP contribution in [0.25, 0.3) is 0 Å². The summed E-state index contributed by atoms with van der Waals surface area (Å²) in [6.45, 7) is 6.75. The van der Waals surface area contributed by atoms with E-state index >= 15 is 0 Å². The second-order valence-corrected chi connectivity index (χ2v) is 6.59. The summed E-state index contributed by atoms with van der Waals surface area (Å²) in [7, 11) is 4.26. The minimum absolute atomic E-state index is 0.522. The third-order valence-corrected chi connectivity index (χ3v) is 4.17. The zero-order valence-electron chi connectivity index (χ0n) is 12.1. The van der Waals surface area contributed by atoms with E-state index in [1.54, 1.807) is 0 Å². The van der Waals surface area contributed by atoms with Gasteiger partial charge in [-0.05, 0) is 38.2 Å². The lowest BCUT2D eigenvalue weighted by Crippen LogP contribution is -2.46. The number of halogens is 1. The second-order valence-electron chi connectivity index (χ2n) is 5.67. The highest BCUT2D eigenvalue weighted by Crippen LogP contribution is 2.25. The molecule has 2 atom stereocenters. The number of anilines is 1. The van der Waals surface area contributed by atoms with Crippen LogP contribution in [0, 0.1) is 5.92 Å². The Balaban J connectivity index is 2.26. The molecule has 1 N–H and O–H groups in total. The van der Waals surface area contributed by atoms with Crippen molar-refractivity contribution in [2.75, 3.05) is 45.2 Å². The summed E-state index contributed by atoms with van der Waals surface area (Å²) in [5, 5.41) is 3.33. The van der Waals surface area contributed by atoms with Crippen LogP contribution >= 0.6 is 15.9 Å². The van der Waals surface area contributed by atoms with Gasteiger partial charge in [-0.1, -0.05) is 28.9 Å². The Morgan fingerprint density at radius 2 is 2.11 bits per heavy atom. The standard InChI is InChI=1S/C15H24BrN3/c1-12-9-18(3)11-15(8-17-2)19(10-12)14-6-4-5-13(16)7-14/h4-7,12,15,17H,8-11H2,1-3H3. The molecule has 1 fully saturated rings. The quantitative estimate of drug-likeness (QED) is 0.920. The molecule has 0 bridgehead atoms. The molecule has 0 aromatic heterocycles. The van der Waals surface area contributed by atoms with E-state index in [4.69, 9.17) is 0 Å². The molecule has 0 saturated carbocycles. The van der Waals surface area contributed by atoms with Gasteiger partial charge in [0.15, 0.2) is 0 Å². The number of hydrogen-bond acceptors (Lipinski definition) is 3. The van der Waals surface area contributed by atoms with Crippen molar-refractivity contribution in [3.8, 4) is 0 Å². The summed E-state index contributed by atoms with van der Waals surface area (Å²) < 4.78 is 1.15. The lowest BCUT2D eigenvalue weighted by molar-refractivity contribution is 0.302. The molecule has 2 rings (SSSR count). The lowest BCUT2D eigenvalue weighted by Gasteiger charge is -2.33. The fraction of sp³-hybridized carbons (Fsp3) is 0.600. The Hall–Kier alpha value is -0.580. The van der Waals surface area contributed by atoms with Gasteiger partial charge in [-0.25, -0.2) is 0 Å². The Morgan fingerprint density at radius 3 is 2.79 bits per heavy atom. The van der Waals surface area contributed by atoms with Gasteiger partial charge in [-0.2, -0.15) is 0 Å². The molecular weight excluding hydrogens is 302 g/mol. The Labute approximate surface area is 125 Å². The van der Waals surface area contributed by atoms with Crippen LogP contribution in [0.4, 0.5) is 5.69 Å². The number of benzene rings is 1. The topological polar surface area (TPSA) is 18.5 Å². The molecule has 1 aromatic rings. The monoisotopic (exact) mass is 325 g/mol. The van der Waals surface area contributed by atoms with E-state index < -0.39 is 0 Å². The first-order valence-corrected chi connectivity index (χ1v) is 7.74. The van der Waals surface area contributed by atoms with Gasteiger partial charge >= 0.3 is 0 Å². The number of hydrogen-bond donors (Lipinski definition) is 1. The summed E-state index contributed by atoms with van der Waals surface area (Å²) in [5.41, 5.74) is 1.32. The van der Waals surface area contributed by atoms with E-state index in [0.29, 0.717) is 12.0 Å². The van der Waals surface area contributed by atoms with Gasteiger partial charge in [0.2, 0.25) is 0 Å². The van der Waals surface area contributed by atoms with Gasteiger partial charge in [0.05, 0.1) is 6.04 Å². The van der Waals surface area contributed by atoms with Crippen LogP contribution in [0.15, 0.2) is 28.7 Å². The highest BCUT2D eigenvalue weighted by Gasteiger charge is 2.26. The minimum atomic E-state index is 0.522. The van der Waals surface area contributed by atoms with Gasteiger partial charge < -0.3 is 15.1 Å². The number of likely N-dealkylation sites (N-methyl/N-ethyl adjacent to an activating group) is 2. The SMILES string of the molecule is CNCC1CN(C)CC(C)CN1c1cccc(Br)c1. The molecule has 1 saturated heterocycles. The van der Waals surface area contributed by atoms with Crippen molar-refractivity contribution < 1.29 is 0 Å². The summed E-state index contributed by atoms with van der Waals surface area (Å²) >= 11 is 3.58. The maximum absolute atomic E-state index is 3.58. The van der Waals surface area contributed by atoms with Crippen LogP contribution in [-0.4, -0.2) is 51.2 Å². The van der Waals surface area contributed by atoms with Crippen LogP contribution in [0.2, 0.25) is 0 Å². The number of rotatable bonds is 3. The largest absolute Gasteiger partial charge is 0.366 e. The van der Waals surface area contributed by atoms with E-state index in [1.165, 1.54) is 12.2 Å². The van der Waals surface area contributed by atoms with Crippen molar-refractivity contribution in [3.05, 3.63) is 28.7 Å². The summed E-state index contributed by atoms with van der Waals surface area (Å²) in [6, 6.07) is 9.17. The van der Waals surface area contributed by atoms with Crippen LogP contribution in [0.1, 0.15) is 6.92 Å². The molecule has 4 heteroatoms. The van der Waals surface area contributed by atoms with Gasteiger partial charge in [0.1, 0.15) is 0 Å². The van der Waals surface area contributed by atoms with E-state index in [1.807, 2.05) is 7.05 Å². The normalized spacial score (nSPS) is 25.4. The van der Waals surface area contributed by atoms with Crippen molar-refractivity contribution >= 4 is 21.6 Å². The molecule has 19 heavy (non-hydrogen) atoms. The molecule has 2 unspecified atom stereocenters. The van der Waals surface area contributed by atoms with Gasteiger partial charge in [-0.3, -0.25) is 0 Å². The van der Waals surface area contributed by atoms with Gasteiger partial charge in [0, 0.05) is 36.3 Å². The maximum Gasteiger partial charge on any atom is 0.0541 e. The first-order chi connectivity index (χ1) is 9.10. The minimum Gasteiger partial charge on any atom is -0.366 e. The highest BCUT2D eigenvalue weighted by molar-refractivity contribution is 9.10. The van der Waals surface area contributed by atoms with Gasteiger partial charge in [0.25, 0.3) is 0 Å². The molecular formula is C15H24BrN3. The molecule has 1 aromatic carbocycles. The average molecular weight is 326 g/mol. The first kappa shape index (κ1) is 14.8. The average Bonchev–Trinajstić information content (AvgIpc) is 2.48. The van der Waals surface area contributed by atoms with E-state index in [-0.39, 0.29) is 0 Å². The van der Waals surface area contributed by atoms with Crippen molar-refractivity contribution in [2.45, 2.75) is 13.0 Å². The zero-order chi connectivity index (χ0) is 13.8. The van der Waals surface area contributed by atoms with Crippen molar-refractivity contribution in [1.29, 1.82) is 0 Å². The first-order valence-electron chi connectivity index (χ1n) is 6.95. The predicted octanol–water partition coefficient (Wildman–Crippen LogP) is 2.43. The van der Waals surface area contributed by atoms with Crippen molar-refractivity contribution in [2.24, 2.45) is 5.92 Å². The molecule has 0 amide bonds. The molecule has 0 aliphatic carbocycles. The molecule has 0 radical (unpaired) electrons. The van der Waals surface area contributed by atoms with E-state index in [2.05, 4.69) is 69.3 Å². The van der Waals surface area contributed by atoms with Crippen LogP contribution in [0.5, 0.6) is 0 Å². The van der Waals surface area contributed by atoms with E-state index in [0.717, 1.165) is 24.1 Å². The smallest absolute Gasteiger partial charge is 0.0541 e. The second kappa shape index (κ2) is 6.73. The highest BCUT2D eigenvalue weighted by atomic mass is 79.9. The van der Waals surface area contributed by atoms with Crippen LogP contribution < -0.4 is 10.2 Å². The number of nitrogens with one attached hydrogen (secondary N) is 1. The molecule has 0 spiro atoms. The fourth-order valence-electron chi connectivity index (χ4n) is 2.99. The van der Waals surface area contributed by atoms with Crippen LogP contribution in [0.3, 0.4) is 0 Å².